The van der Waals surface area contributed by atoms with Crippen LogP contribution in [0.4, 0.5) is 0 Å². The van der Waals surface area contributed by atoms with Gasteiger partial charge in [-0.2, -0.15) is 0 Å². The van der Waals surface area contributed by atoms with Crippen LogP contribution in [0.3, 0.4) is 0 Å². The highest BCUT2D eigenvalue weighted by atomic mass is 32.1. The van der Waals surface area contributed by atoms with Gasteiger partial charge in [-0.1, -0.05) is 26.0 Å². The topological polar surface area (TPSA) is 38.9 Å². The van der Waals surface area contributed by atoms with Gasteiger partial charge >= 0.3 is 0 Å². The van der Waals surface area contributed by atoms with Crippen LogP contribution in [0.5, 0.6) is 0 Å². The minimum absolute atomic E-state index is 0.0856. The van der Waals surface area contributed by atoms with E-state index in [0.717, 1.165) is 16.9 Å². The van der Waals surface area contributed by atoms with Gasteiger partial charge in [0, 0.05) is 0 Å². The lowest BCUT2D eigenvalue weighted by atomic mass is 10.1. The molecule has 0 amide bonds. The van der Waals surface area contributed by atoms with Crippen molar-refractivity contribution in [3.8, 4) is 0 Å². The summed E-state index contributed by atoms with van der Waals surface area (Å²) in [7, 11) is 0. The Bertz CT molecular complexity index is 415. The number of para-hydroxylation sites is 1. The van der Waals surface area contributed by atoms with E-state index in [-0.39, 0.29) is 6.04 Å². The summed E-state index contributed by atoms with van der Waals surface area (Å²) in [4.78, 5) is 4.56. The molecular weight excluding hydrogens is 204 g/mol. The Morgan fingerprint density at radius 2 is 2.07 bits per heavy atom. The van der Waals surface area contributed by atoms with Gasteiger partial charge in [-0.05, 0) is 24.5 Å². The van der Waals surface area contributed by atoms with Crippen LogP contribution in [0.1, 0.15) is 31.3 Å². The fourth-order valence-electron chi connectivity index (χ4n) is 1.66. The number of hydrogen-bond donors (Lipinski definition) is 1. The molecule has 1 heterocycles. The Kier molecular flexibility index (Phi) is 3.03. The number of fused-ring (bicyclic) bond motifs is 1. The van der Waals surface area contributed by atoms with Gasteiger partial charge in [-0.3, -0.25) is 0 Å². The third kappa shape index (κ3) is 2.36. The van der Waals surface area contributed by atoms with E-state index in [0.29, 0.717) is 5.92 Å². The molecule has 2 aromatic rings. The summed E-state index contributed by atoms with van der Waals surface area (Å²) >= 11 is 1.71. The molecular formula is C12H16N2S. The summed E-state index contributed by atoms with van der Waals surface area (Å²) in [5, 5.41) is 1.06. The SMILES string of the molecule is CC(C)C[C@@H](N)c1nc2ccccc2s1. The highest BCUT2D eigenvalue weighted by Crippen LogP contribution is 2.27. The van der Waals surface area contributed by atoms with Crippen LogP contribution in [0.15, 0.2) is 24.3 Å². The molecule has 80 valence electrons. The fourth-order valence-corrected chi connectivity index (χ4v) is 2.64. The van der Waals surface area contributed by atoms with E-state index in [1.54, 1.807) is 11.3 Å². The maximum absolute atomic E-state index is 6.11. The fraction of sp³-hybridized carbons (Fsp3) is 0.417. The van der Waals surface area contributed by atoms with E-state index in [1.807, 2.05) is 18.2 Å². The van der Waals surface area contributed by atoms with E-state index in [4.69, 9.17) is 5.73 Å². The second-order valence-corrected chi connectivity index (χ2v) is 5.32. The Hall–Kier alpha value is -0.930. The second-order valence-electron chi connectivity index (χ2n) is 4.26. The van der Waals surface area contributed by atoms with Crippen molar-refractivity contribution in [1.29, 1.82) is 0 Å². The lowest BCUT2D eigenvalue weighted by molar-refractivity contribution is 0.509. The summed E-state index contributed by atoms with van der Waals surface area (Å²) in [6.45, 7) is 4.38. The first-order valence-electron chi connectivity index (χ1n) is 5.28. The molecule has 1 atom stereocenters. The molecule has 2 nitrogen and oxygen atoms in total. The Labute approximate surface area is 94.1 Å². The highest BCUT2D eigenvalue weighted by molar-refractivity contribution is 7.18. The summed E-state index contributed by atoms with van der Waals surface area (Å²) < 4.78 is 1.23. The van der Waals surface area contributed by atoms with Gasteiger partial charge in [-0.25, -0.2) is 4.98 Å². The third-order valence-corrected chi connectivity index (χ3v) is 3.52. The van der Waals surface area contributed by atoms with Crippen LogP contribution in [0.2, 0.25) is 0 Å². The number of aromatic nitrogens is 1. The van der Waals surface area contributed by atoms with Crippen molar-refractivity contribution in [2.75, 3.05) is 0 Å². The first-order chi connectivity index (χ1) is 7.16. The molecule has 1 aromatic heterocycles. The molecule has 0 saturated carbocycles. The summed E-state index contributed by atoms with van der Waals surface area (Å²) in [5.74, 6) is 0.618. The number of nitrogens with zero attached hydrogens (tertiary/aromatic N) is 1. The average Bonchev–Trinajstić information content (AvgIpc) is 2.59. The minimum atomic E-state index is 0.0856. The zero-order valence-corrected chi connectivity index (χ0v) is 9.92. The van der Waals surface area contributed by atoms with Gasteiger partial charge in [0.25, 0.3) is 0 Å². The van der Waals surface area contributed by atoms with Crippen molar-refractivity contribution in [2.24, 2.45) is 11.7 Å². The molecule has 0 spiro atoms. The Morgan fingerprint density at radius 1 is 1.33 bits per heavy atom. The van der Waals surface area contributed by atoms with E-state index in [2.05, 4.69) is 24.9 Å². The maximum Gasteiger partial charge on any atom is 0.111 e. The van der Waals surface area contributed by atoms with Crippen LogP contribution in [-0.4, -0.2) is 4.98 Å². The second kappa shape index (κ2) is 4.29. The van der Waals surface area contributed by atoms with Gasteiger partial charge in [-0.15, -0.1) is 11.3 Å². The van der Waals surface area contributed by atoms with E-state index >= 15 is 0 Å². The largest absolute Gasteiger partial charge is 0.322 e. The van der Waals surface area contributed by atoms with Crippen molar-refractivity contribution >= 4 is 21.6 Å². The third-order valence-electron chi connectivity index (χ3n) is 2.35. The average molecular weight is 220 g/mol. The Morgan fingerprint density at radius 3 is 2.73 bits per heavy atom. The number of nitrogens with two attached hydrogens (primary N) is 1. The molecule has 0 bridgehead atoms. The number of rotatable bonds is 3. The van der Waals surface area contributed by atoms with Gasteiger partial charge in [0.15, 0.2) is 0 Å². The van der Waals surface area contributed by atoms with Crippen LogP contribution in [0.25, 0.3) is 10.2 Å². The molecule has 0 aliphatic heterocycles. The standard InChI is InChI=1S/C12H16N2S/c1-8(2)7-9(13)12-14-10-5-3-4-6-11(10)15-12/h3-6,8-9H,7,13H2,1-2H3/t9-/m1/s1. The van der Waals surface area contributed by atoms with Crippen LogP contribution >= 0.6 is 11.3 Å². The van der Waals surface area contributed by atoms with Crippen molar-refractivity contribution in [3.05, 3.63) is 29.3 Å². The molecule has 15 heavy (non-hydrogen) atoms. The zero-order chi connectivity index (χ0) is 10.8. The van der Waals surface area contributed by atoms with E-state index in [9.17, 15) is 0 Å². The smallest absolute Gasteiger partial charge is 0.111 e. The highest BCUT2D eigenvalue weighted by Gasteiger charge is 2.12. The quantitative estimate of drug-likeness (QED) is 0.861. The Balaban J connectivity index is 2.28. The predicted octanol–water partition coefficient (Wildman–Crippen LogP) is 3.34. The van der Waals surface area contributed by atoms with Crippen LogP contribution in [-0.2, 0) is 0 Å². The maximum atomic E-state index is 6.11. The molecule has 0 aliphatic rings. The lowest BCUT2D eigenvalue weighted by Crippen LogP contribution is -2.12. The van der Waals surface area contributed by atoms with E-state index in [1.165, 1.54) is 4.70 Å². The van der Waals surface area contributed by atoms with Gasteiger partial charge < -0.3 is 5.73 Å². The normalized spacial score (nSPS) is 13.6. The van der Waals surface area contributed by atoms with Crippen molar-refractivity contribution in [1.82, 2.24) is 4.98 Å². The van der Waals surface area contributed by atoms with Gasteiger partial charge in [0.2, 0.25) is 0 Å². The lowest BCUT2D eigenvalue weighted by Gasteiger charge is -2.10. The van der Waals surface area contributed by atoms with Crippen molar-refractivity contribution < 1.29 is 0 Å². The molecule has 0 aliphatic carbocycles. The predicted molar refractivity (Wildman–Crippen MR) is 66.0 cm³/mol. The van der Waals surface area contributed by atoms with Gasteiger partial charge in [0.1, 0.15) is 5.01 Å². The summed E-state index contributed by atoms with van der Waals surface area (Å²) in [6, 6.07) is 8.27. The number of hydrogen-bond acceptors (Lipinski definition) is 3. The monoisotopic (exact) mass is 220 g/mol. The molecule has 0 radical (unpaired) electrons. The zero-order valence-electron chi connectivity index (χ0n) is 9.10. The number of benzene rings is 1. The van der Waals surface area contributed by atoms with Crippen molar-refractivity contribution in [2.45, 2.75) is 26.3 Å². The van der Waals surface area contributed by atoms with Gasteiger partial charge in [0.05, 0.1) is 16.3 Å². The number of thiazole rings is 1. The molecule has 3 heteroatoms. The first-order valence-corrected chi connectivity index (χ1v) is 6.09. The molecule has 2 N–H and O–H groups in total. The van der Waals surface area contributed by atoms with Crippen LogP contribution in [0, 0.1) is 5.92 Å². The molecule has 2 rings (SSSR count). The molecule has 1 aromatic carbocycles. The van der Waals surface area contributed by atoms with Crippen molar-refractivity contribution in [3.63, 3.8) is 0 Å². The summed E-state index contributed by atoms with van der Waals surface area (Å²) in [5.41, 5.74) is 7.17. The molecule has 0 fully saturated rings. The van der Waals surface area contributed by atoms with E-state index < -0.39 is 0 Å². The molecule has 0 saturated heterocycles. The first kappa shape index (κ1) is 10.6. The summed E-state index contributed by atoms with van der Waals surface area (Å²) in [6.07, 6.45) is 1.000. The minimum Gasteiger partial charge on any atom is -0.322 e. The van der Waals surface area contributed by atoms with Crippen LogP contribution < -0.4 is 5.73 Å². The molecule has 0 unspecified atom stereocenters.